The number of hydrogen-bond acceptors (Lipinski definition) is 6. The second-order valence-electron chi connectivity index (χ2n) is 6.39. The first-order chi connectivity index (χ1) is 13.2. The fourth-order valence-electron chi connectivity index (χ4n) is 3.09. The van der Waals surface area contributed by atoms with Gasteiger partial charge in [-0.1, -0.05) is 29.5 Å². The Morgan fingerprint density at radius 1 is 1.07 bits per heavy atom. The van der Waals surface area contributed by atoms with Gasteiger partial charge in [-0.25, -0.2) is 4.39 Å². The van der Waals surface area contributed by atoms with Crippen molar-refractivity contribution in [3.63, 3.8) is 0 Å². The van der Waals surface area contributed by atoms with Gasteiger partial charge in [0.25, 0.3) is 5.91 Å². The highest BCUT2D eigenvalue weighted by Crippen LogP contribution is 2.24. The molecule has 0 aliphatic carbocycles. The molecule has 5 nitrogen and oxygen atoms in total. The number of nitrogens with zero attached hydrogens (tertiary/aromatic N) is 4. The molecule has 140 valence electrons. The number of carbonyl (C=O) groups excluding carboxylic acids is 1. The van der Waals surface area contributed by atoms with Crippen molar-refractivity contribution >= 4 is 33.7 Å². The lowest BCUT2D eigenvalue weighted by molar-refractivity contribution is 0.0772. The van der Waals surface area contributed by atoms with Crippen molar-refractivity contribution in [2.24, 2.45) is 0 Å². The van der Waals surface area contributed by atoms with E-state index in [1.165, 1.54) is 23.5 Å². The zero-order valence-electron chi connectivity index (χ0n) is 14.7. The summed E-state index contributed by atoms with van der Waals surface area (Å²) in [5.41, 5.74) is 1.02. The van der Waals surface area contributed by atoms with E-state index in [0.717, 1.165) is 46.6 Å². The van der Waals surface area contributed by atoms with Gasteiger partial charge >= 0.3 is 0 Å². The van der Waals surface area contributed by atoms with Gasteiger partial charge in [0, 0.05) is 32.6 Å². The summed E-state index contributed by atoms with van der Waals surface area (Å²) in [5.74, 6) is -0.121. The Kier molecular flexibility index (Phi) is 5.45. The number of benzene rings is 1. The molecule has 8 heteroatoms. The first-order valence-corrected chi connectivity index (χ1v) is 10.5. The summed E-state index contributed by atoms with van der Waals surface area (Å²) in [7, 11) is 0. The maximum Gasteiger partial charge on any atom is 0.263 e. The van der Waals surface area contributed by atoms with Crippen LogP contribution in [0.4, 0.5) is 9.52 Å². The van der Waals surface area contributed by atoms with Gasteiger partial charge in [-0.05, 0) is 35.6 Å². The Morgan fingerprint density at radius 3 is 2.70 bits per heavy atom. The number of anilines is 1. The molecule has 4 rings (SSSR count). The molecule has 1 aromatic carbocycles. The summed E-state index contributed by atoms with van der Waals surface area (Å²) >= 11 is 3.05. The van der Waals surface area contributed by atoms with Crippen molar-refractivity contribution in [1.82, 2.24) is 15.1 Å². The molecule has 3 aromatic rings. The molecule has 1 amide bonds. The molecule has 0 spiro atoms. The minimum Gasteiger partial charge on any atom is -0.345 e. The summed E-state index contributed by atoms with van der Waals surface area (Å²) in [4.78, 5) is 17.5. The molecule has 27 heavy (non-hydrogen) atoms. The molecular weight excluding hydrogens is 383 g/mol. The number of rotatable bonds is 4. The molecule has 0 radical (unpaired) electrons. The van der Waals surface area contributed by atoms with Crippen LogP contribution in [0, 0.1) is 5.82 Å². The highest BCUT2D eigenvalue weighted by atomic mass is 32.1. The molecule has 0 N–H and O–H groups in total. The number of carbonyl (C=O) groups is 1. The lowest BCUT2D eigenvalue weighted by atomic mass is 10.2. The molecule has 1 aliphatic heterocycles. The fraction of sp³-hybridized carbons (Fsp3) is 0.316. The second kappa shape index (κ2) is 8.14. The Hall–Kier alpha value is -2.32. The van der Waals surface area contributed by atoms with Gasteiger partial charge < -0.3 is 9.80 Å². The second-order valence-corrected chi connectivity index (χ2v) is 8.38. The van der Waals surface area contributed by atoms with Gasteiger partial charge in [0.2, 0.25) is 5.13 Å². The molecule has 2 aromatic heterocycles. The quantitative estimate of drug-likeness (QED) is 0.668. The van der Waals surface area contributed by atoms with E-state index in [1.807, 2.05) is 22.4 Å². The van der Waals surface area contributed by atoms with Crippen LogP contribution in [0.1, 0.15) is 26.7 Å². The molecule has 1 fully saturated rings. The zero-order valence-corrected chi connectivity index (χ0v) is 16.3. The summed E-state index contributed by atoms with van der Waals surface area (Å²) in [6, 6.07) is 10.3. The average Bonchev–Trinajstić information content (AvgIpc) is 3.31. The van der Waals surface area contributed by atoms with Crippen molar-refractivity contribution < 1.29 is 9.18 Å². The van der Waals surface area contributed by atoms with Crippen LogP contribution in [0.3, 0.4) is 0 Å². The number of amides is 1. The zero-order chi connectivity index (χ0) is 18.6. The summed E-state index contributed by atoms with van der Waals surface area (Å²) < 4.78 is 13.0. The van der Waals surface area contributed by atoms with Crippen LogP contribution < -0.4 is 4.90 Å². The van der Waals surface area contributed by atoms with E-state index >= 15 is 0 Å². The molecule has 0 bridgehead atoms. The van der Waals surface area contributed by atoms with Crippen molar-refractivity contribution in [3.05, 3.63) is 63.0 Å². The van der Waals surface area contributed by atoms with Crippen LogP contribution >= 0.6 is 22.7 Å². The third-order valence-electron chi connectivity index (χ3n) is 4.51. The smallest absolute Gasteiger partial charge is 0.263 e. The summed E-state index contributed by atoms with van der Waals surface area (Å²) in [5, 5.41) is 12.4. The van der Waals surface area contributed by atoms with Crippen LogP contribution in [0.25, 0.3) is 0 Å². The van der Waals surface area contributed by atoms with E-state index < -0.39 is 0 Å². The predicted octanol–water partition coefficient (Wildman–Crippen LogP) is 3.68. The van der Waals surface area contributed by atoms with Crippen molar-refractivity contribution in [2.75, 3.05) is 31.1 Å². The Morgan fingerprint density at radius 2 is 1.93 bits per heavy atom. The van der Waals surface area contributed by atoms with Gasteiger partial charge in [0.05, 0.1) is 4.88 Å². The maximum absolute atomic E-state index is 13.0. The van der Waals surface area contributed by atoms with Crippen LogP contribution in [0.5, 0.6) is 0 Å². The monoisotopic (exact) mass is 402 g/mol. The Balaban J connectivity index is 1.39. The van der Waals surface area contributed by atoms with Crippen molar-refractivity contribution in [1.29, 1.82) is 0 Å². The normalized spacial score (nSPS) is 15.0. The first kappa shape index (κ1) is 18.1. The lowest BCUT2D eigenvalue weighted by Crippen LogP contribution is -2.34. The van der Waals surface area contributed by atoms with Gasteiger partial charge in [0.15, 0.2) is 0 Å². The topological polar surface area (TPSA) is 49.3 Å². The minimum absolute atomic E-state index is 0.112. The molecule has 0 atom stereocenters. The molecule has 0 saturated carbocycles. The highest BCUT2D eigenvalue weighted by molar-refractivity contribution is 7.15. The molecule has 0 unspecified atom stereocenters. The molecule has 3 heterocycles. The predicted molar refractivity (Wildman–Crippen MR) is 106 cm³/mol. The number of aromatic nitrogens is 2. The highest BCUT2D eigenvalue weighted by Gasteiger charge is 2.22. The van der Waals surface area contributed by atoms with E-state index in [4.69, 9.17) is 0 Å². The number of thiophene rings is 1. The minimum atomic E-state index is -0.233. The van der Waals surface area contributed by atoms with Crippen LogP contribution in [0.15, 0.2) is 41.8 Å². The average molecular weight is 403 g/mol. The lowest BCUT2D eigenvalue weighted by Gasteiger charge is -2.20. The fourth-order valence-corrected chi connectivity index (χ4v) is 4.70. The van der Waals surface area contributed by atoms with Crippen molar-refractivity contribution in [2.45, 2.75) is 12.8 Å². The number of halogens is 1. The van der Waals surface area contributed by atoms with Gasteiger partial charge in [0.1, 0.15) is 10.8 Å². The first-order valence-electron chi connectivity index (χ1n) is 8.83. The standard InChI is InChI=1S/C19H19FN4OS2/c20-15-6-4-14(5-7-15)13-17-21-22-19(27-17)24-9-2-8-23(10-11-24)18(25)16-3-1-12-26-16/h1,3-7,12H,2,8-11,13H2. The SMILES string of the molecule is O=C(c1cccs1)N1CCCN(c2nnc(Cc3ccc(F)cc3)s2)CC1. The summed E-state index contributed by atoms with van der Waals surface area (Å²) in [6.45, 7) is 3.06. The summed E-state index contributed by atoms with van der Waals surface area (Å²) in [6.07, 6.45) is 1.55. The van der Waals surface area contributed by atoms with E-state index in [-0.39, 0.29) is 11.7 Å². The Labute approximate surface area is 165 Å². The van der Waals surface area contributed by atoms with Crippen LogP contribution in [-0.2, 0) is 6.42 Å². The van der Waals surface area contributed by atoms with Crippen molar-refractivity contribution in [3.8, 4) is 0 Å². The Bertz CT molecular complexity index is 895. The third kappa shape index (κ3) is 4.33. The third-order valence-corrected chi connectivity index (χ3v) is 6.35. The molecule has 1 aliphatic rings. The van der Waals surface area contributed by atoms with Gasteiger partial charge in [-0.15, -0.1) is 21.5 Å². The number of hydrogen-bond donors (Lipinski definition) is 0. The van der Waals surface area contributed by atoms with Crippen LogP contribution in [0.2, 0.25) is 0 Å². The van der Waals surface area contributed by atoms with E-state index in [0.29, 0.717) is 13.0 Å². The maximum atomic E-state index is 13.0. The molecule has 1 saturated heterocycles. The van der Waals surface area contributed by atoms with Gasteiger partial charge in [-0.2, -0.15) is 0 Å². The largest absolute Gasteiger partial charge is 0.345 e. The van der Waals surface area contributed by atoms with E-state index in [2.05, 4.69) is 15.1 Å². The van der Waals surface area contributed by atoms with Gasteiger partial charge in [-0.3, -0.25) is 4.79 Å². The van der Waals surface area contributed by atoms with E-state index in [9.17, 15) is 9.18 Å². The van der Waals surface area contributed by atoms with E-state index in [1.54, 1.807) is 23.5 Å². The molecular formula is C19H19FN4OS2. The van der Waals surface area contributed by atoms with Crippen LogP contribution in [-0.4, -0.2) is 47.2 Å².